The maximum Gasteiger partial charge on any atom is 0.303 e. The average Bonchev–Trinajstić information content (AvgIpc) is 2.85. The first-order valence-corrected chi connectivity index (χ1v) is 5.48. The van der Waals surface area contributed by atoms with Crippen LogP contribution in [-0.2, 0) is 11.2 Å². The van der Waals surface area contributed by atoms with Gasteiger partial charge in [-0.25, -0.2) is 4.98 Å². The lowest BCUT2D eigenvalue weighted by Crippen LogP contribution is -1.97. The molecule has 0 saturated heterocycles. The zero-order valence-electron chi connectivity index (χ0n) is 9.78. The molecule has 7 nitrogen and oxygen atoms in total. The molecule has 1 aromatic heterocycles. The topological polar surface area (TPSA) is 106 Å². The third-order valence-electron chi connectivity index (χ3n) is 2.47. The van der Waals surface area contributed by atoms with Crippen LogP contribution in [0.1, 0.15) is 12.3 Å². The molecule has 1 N–H and O–H groups in total. The second-order valence-corrected chi connectivity index (χ2v) is 3.79. The fourth-order valence-corrected chi connectivity index (χ4v) is 1.61. The van der Waals surface area contributed by atoms with Crippen molar-refractivity contribution in [1.82, 2.24) is 4.98 Å². The van der Waals surface area contributed by atoms with Gasteiger partial charge in [-0.15, -0.1) is 0 Å². The Hall–Kier alpha value is -2.70. The number of aromatic nitrogens is 1. The summed E-state index contributed by atoms with van der Waals surface area (Å²) >= 11 is 0. The lowest BCUT2D eigenvalue weighted by molar-refractivity contribution is -0.384. The van der Waals surface area contributed by atoms with Gasteiger partial charge in [-0.3, -0.25) is 14.9 Å². The predicted molar refractivity (Wildman–Crippen MR) is 64.6 cm³/mol. The van der Waals surface area contributed by atoms with E-state index in [9.17, 15) is 14.9 Å². The summed E-state index contributed by atoms with van der Waals surface area (Å²) in [5, 5.41) is 19.4. The standard InChI is InChI=1S/C12H10N2O5/c15-12(16)6-5-11-13-7-10(19-11)8-3-1-2-4-9(8)14(17)18/h1-4,7H,5-6H2,(H,15,16). The Morgan fingerprint density at radius 1 is 1.42 bits per heavy atom. The highest BCUT2D eigenvalue weighted by Gasteiger charge is 2.17. The van der Waals surface area contributed by atoms with E-state index in [1.165, 1.54) is 12.3 Å². The maximum atomic E-state index is 10.9. The van der Waals surface area contributed by atoms with Crippen molar-refractivity contribution >= 4 is 11.7 Å². The van der Waals surface area contributed by atoms with E-state index in [4.69, 9.17) is 9.52 Å². The molecule has 0 atom stereocenters. The molecule has 0 radical (unpaired) electrons. The number of carboxylic acid groups (broad SMARTS) is 1. The lowest BCUT2D eigenvalue weighted by Gasteiger charge is -1.98. The van der Waals surface area contributed by atoms with Crippen LogP contribution in [0.25, 0.3) is 11.3 Å². The van der Waals surface area contributed by atoms with Crippen LogP contribution in [0.5, 0.6) is 0 Å². The molecule has 1 heterocycles. The number of nitrogens with zero attached hydrogens (tertiary/aromatic N) is 2. The minimum atomic E-state index is -0.953. The van der Waals surface area contributed by atoms with Crippen LogP contribution in [0.3, 0.4) is 0 Å². The van der Waals surface area contributed by atoms with Gasteiger partial charge in [0.15, 0.2) is 11.7 Å². The molecular weight excluding hydrogens is 252 g/mol. The van der Waals surface area contributed by atoms with Crippen molar-refractivity contribution in [2.75, 3.05) is 0 Å². The first-order valence-electron chi connectivity index (χ1n) is 5.48. The van der Waals surface area contributed by atoms with Gasteiger partial charge in [-0.2, -0.15) is 0 Å². The minimum absolute atomic E-state index is 0.0802. The number of para-hydroxylation sites is 1. The number of benzene rings is 1. The number of hydrogen-bond donors (Lipinski definition) is 1. The minimum Gasteiger partial charge on any atom is -0.481 e. The molecule has 0 unspecified atom stereocenters. The summed E-state index contributed by atoms with van der Waals surface area (Å²) in [5.41, 5.74) is 0.241. The van der Waals surface area contributed by atoms with Gasteiger partial charge < -0.3 is 9.52 Å². The molecule has 0 bridgehead atoms. The number of oxazole rings is 1. The SMILES string of the molecule is O=C(O)CCc1ncc(-c2ccccc2[N+](=O)[O-])o1. The first-order chi connectivity index (χ1) is 9.08. The molecule has 0 aliphatic carbocycles. The maximum absolute atomic E-state index is 10.9. The zero-order chi connectivity index (χ0) is 13.8. The van der Waals surface area contributed by atoms with Crippen LogP contribution in [0.2, 0.25) is 0 Å². The normalized spacial score (nSPS) is 10.3. The molecule has 0 aliphatic rings. The van der Waals surface area contributed by atoms with Crippen molar-refractivity contribution in [3.63, 3.8) is 0 Å². The number of nitro groups is 1. The van der Waals surface area contributed by atoms with Crippen LogP contribution in [0.4, 0.5) is 5.69 Å². The molecule has 0 spiro atoms. The number of nitro benzene ring substituents is 1. The molecule has 98 valence electrons. The van der Waals surface area contributed by atoms with Crippen molar-refractivity contribution in [2.24, 2.45) is 0 Å². The quantitative estimate of drug-likeness (QED) is 0.654. The summed E-state index contributed by atoms with van der Waals surface area (Å²) < 4.78 is 5.33. The van der Waals surface area contributed by atoms with E-state index in [0.717, 1.165) is 0 Å². The van der Waals surface area contributed by atoms with E-state index in [1.807, 2.05) is 0 Å². The van der Waals surface area contributed by atoms with Gasteiger partial charge in [-0.1, -0.05) is 12.1 Å². The van der Waals surface area contributed by atoms with Crippen LogP contribution in [-0.4, -0.2) is 21.0 Å². The van der Waals surface area contributed by atoms with Gasteiger partial charge in [0.2, 0.25) is 0 Å². The van der Waals surface area contributed by atoms with Gasteiger partial charge in [-0.05, 0) is 6.07 Å². The Balaban J connectivity index is 2.28. The summed E-state index contributed by atoms with van der Waals surface area (Å²) in [5.74, 6) is -0.450. The fourth-order valence-electron chi connectivity index (χ4n) is 1.61. The fraction of sp³-hybridized carbons (Fsp3) is 0.167. The van der Waals surface area contributed by atoms with E-state index in [-0.39, 0.29) is 30.2 Å². The summed E-state index contributed by atoms with van der Waals surface area (Å²) in [6.45, 7) is 0. The third-order valence-corrected chi connectivity index (χ3v) is 2.47. The van der Waals surface area contributed by atoms with Crippen LogP contribution in [0, 0.1) is 10.1 Å². The second-order valence-electron chi connectivity index (χ2n) is 3.79. The largest absolute Gasteiger partial charge is 0.481 e. The smallest absolute Gasteiger partial charge is 0.303 e. The predicted octanol–water partition coefficient (Wildman–Crippen LogP) is 2.27. The molecule has 2 rings (SSSR count). The Morgan fingerprint density at radius 3 is 2.84 bits per heavy atom. The highest BCUT2D eigenvalue weighted by Crippen LogP contribution is 2.29. The summed E-state index contributed by atoms with van der Waals surface area (Å²) in [7, 11) is 0. The van der Waals surface area contributed by atoms with Crippen molar-refractivity contribution in [2.45, 2.75) is 12.8 Å². The molecular formula is C12H10N2O5. The van der Waals surface area contributed by atoms with Crippen LogP contribution in [0.15, 0.2) is 34.9 Å². The molecule has 7 heteroatoms. The van der Waals surface area contributed by atoms with Crippen molar-refractivity contribution in [1.29, 1.82) is 0 Å². The highest BCUT2D eigenvalue weighted by molar-refractivity contribution is 5.69. The van der Waals surface area contributed by atoms with Crippen LogP contribution >= 0.6 is 0 Å². The van der Waals surface area contributed by atoms with Gasteiger partial charge >= 0.3 is 5.97 Å². The molecule has 19 heavy (non-hydrogen) atoms. The number of carboxylic acids is 1. The van der Waals surface area contributed by atoms with Crippen LogP contribution < -0.4 is 0 Å². The third kappa shape index (κ3) is 2.95. The number of carbonyl (C=O) groups is 1. The Kier molecular flexibility index (Phi) is 3.56. The molecule has 0 amide bonds. The highest BCUT2D eigenvalue weighted by atomic mass is 16.6. The number of aryl methyl sites for hydroxylation is 1. The number of hydrogen-bond acceptors (Lipinski definition) is 5. The van der Waals surface area contributed by atoms with Gasteiger partial charge in [0.1, 0.15) is 0 Å². The first kappa shape index (κ1) is 12.7. The Morgan fingerprint density at radius 2 is 2.16 bits per heavy atom. The van der Waals surface area contributed by atoms with Crippen molar-refractivity contribution < 1.29 is 19.2 Å². The average molecular weight is 262 g/mol. The summed E-state index contributed by atoms with van der Waals surface area (Å²) in [4.78, 5) is 24.7. The lowest BCUT2D eigenvalue weighted by atomic mass is 10.1. The van der Waals surface area contributed by atoms with E-state index < -0.39 is 10.9 Å². The van der Waals surface area contributed by atoms with E-state index in [2.05, 4.69) is 4.98 Å². The monoisotopic (exact) mass is 262 g/mol. The number of aliphatic carboxylic acids is 1. The summed E-state index contributed by atoms with van der Waals surface area (Å²) in [6, 6.07) is 6.14. The summed E-state index contributed by atoms with van der Waals surface area (Å²) in [6.07, 6.45) is 1.41. The Bertz CT molecular complexity index is 620. The molecule has 0 saturated carbocycles. The van der Waals surface area contributed by atoms with Crippen molar-refractivity contribution in [3.8, 4) is 11.3 Å². The van der Waals surface area contributed by atoms with E-state index in [0.29, 0.717) is 5.56 Å². The molecule has 0 aliphatic heterocycles. The molecule has 2 aromatic rings. The zero-order valence-corrected chi connectivity index (χ0v) is 9.78. The van der Waals surface area contributed by atoms with Crippen molar-refractivity contribution in [3.05, 3.63) is 46.5 Å². The second kappa shape index (κ2) is 5.30. The molecule has 0 fully saturated rings. The van der Waals surface area contributed by atoms with Gasteiger partial charge in [0.05, 0.1) is 23.1 Å². The molecule has 1 aromatic carbocycles. The van der Waals surface area contributed by atoms with Gasteiger partial charge in [0, 0.05) is 12.5 Å². The van der Waals surface area contributed by atoms with Gasteiger partial charge in [0.25, 0.3) is 5.69 Å². The van der Waals surface area contributed by atoms with E-state index in [1.54, 1.807) is 18.2 Å². The number of rotatable bonds is 5. The Labute approximate surface area is 107 Å². The van der Waals surface area contributed by atoms with E-state index >= 15 is 0 Å².